The van der Waals surface area contributed by atoms with Crippen LogP contribution < -0.4 is 5.32 Å². The lowest BCUT2D eigenvalue weighted by Crippen LogP contribution is -2.42. The molecule has 0 radical (unpaired) electrons. The van der Waals surface area contributed by atoms with Crippen molar-refractivity contribution in [2.75, 3.05) is 40.3 Å². The Hall–Kier alpha value is -1.14. The molecule has 1 aliphatic rings. The van der Waals surface area contributed by atoms with Crippen LogP contribution >= 0.6 is 11.3 Å². The van der Waals surface area contributed by atoms with Crippen LogP contribution in [-0.2, 0) is 6.54 Å². The van der Waals surface area contributed by atoms with E-state index in [1.165, 1.54) is 26.1 Å². The number of guanidine groups is 1. The standard InChI is InChI=1S/C18H33N5S/c1-14-9-15(2)11-23(10-14)8-6-7-20-18(19-4)22(5)12-17-13-24-16(3)21-17/h13-15H,6-12H2,1-5H3,(H,19,20). The number of piperidine rings is 1. The first-order valence-corrected chi connectivity index (χ1v) is 9.91. The van der Waals surface area contributed by atoms with Crippen LogP contribution in [0.25, 0.3) is 0 Å². The highest BCUT2D eigenvalue weighted by atomic mass is 32.1. The fourth-order valence-electron chi connectivity index (χ4n) is 3.66. The van der Waals surface area contributed by atoms with Crippen LogP contribution in [0.5, 0.6) is 0 Å². The molecular weight excluding hydrogens is 318 g/mol. The summed E-state index contributed by atoms with van der Waals surface area (Å²) in [5.41, 5.74) is 1.11. The quantitative estimate of drug-likeness (QED) is 0.486. The van der Waals surface area contributed by atoms with Crippen molar-refractivity contribution >= 4 is 17.3 Å². The van der Waals surface area contributed by atoms with E-state index in [2.05, 4.69) is 51.4 Å². The van der Waals surface area contributed by atoms with E-state index in [0.29, 0.717) is 0 Å². The van der Waals surface area contributed by atoms with Crippen molar-refractivity contribution in [2.45, 2.75) is 40.2 Å². The maximum absolute atomic E-state index is 4.53. The Kier molecular flexibility index (Phi) is 7.49. The maximum Gasteiger partial charge on any atom is 0.193 e. The number of hydrogen-bond donors (Lipinski definition) is 1. The Morgan fingerprint density at radius 2 is 2.12 bits per heavy atom. The number of aryl methyl sites for hydroxylation is 1. The third-order valence-corrected chi connectivity index (χ3v) is 5.34. The van der Waals surface area contributed by atoms with E-state index >= 15 is 0 Å². The highest BCUT2D eigenvalue weighted by Crippen LogP contribution is 2.20. The topological polar surface area (TPSA) is 43.8 Å². The molecule has 0 aromatic carbocycles. The number of thiazole rings is 1. The van der Waals surface area contributed by atoms with Crippen LogP contribution in [0.2, 0.25) is 0 Å². The summed E-state index contributed by atoms with van der Waals surface area (Å²) >= 11 is 1.70. The molecule has 1 aromatic heterocycles. The van der Waals surface area contributed by atoms with Crippen molar-refractivity contribution in [1.82, 2.24) is 20.1 Å². The van der Waals surface area contributed by atoms with Gasteiger partial charge in [-0.2, -0.15) is 0 Å². The van der Waals surface area contributed by atoms with Gasteiger partial charge in [-0.25, -0.2) is 4.98 Å². The van der Waals surface area contributed by atoms with Gasteiger partial charge < -0.3 is 15.1 Å². The van der Waals surface area contributed by atoms with Crippen LogP contribution in [0.3, 0.4) is 0 Å². The summed E-state index contributed by atoms with van der Waals surface area (Å²) in [4.78, 5) is 13.7. The van der Waals surface area contributed by atoms with Gasteiger partial charge in [-0.05, 0) is 38.1 Å². The molecule has 2 rings (SSSR count). The van der Waals surface area contributed by atoms with Crippen LogP contribution in [-0.4, -0.2) is 61.0 Å². The summed E-state index contributed by atoms with van der Waals surface area (Å²) in [6.07, 6.45) is 2.53. The van der Waals surface area contributed by atoms with E-state index < -0.39 is 0 Å². The fourth-order valence-corrected chi connectivity index (χ4v) is 4.26. The maximum atomic E-state index is 4.53. The first-order chi connectivity index (χ1) is 11.5. The lowest BCUT2D eigenvalue weighted by atomic mass is 9.92. The highest BCUT2D eigenvalue weighted by Gasteiger charge is 2.21. The second-order valence-corrected chi connectivity index (χ2v) is 8.31. The van der Waals surface area contributed by atoms with Gasteiger partial charge in [0.25, 0.3) is 0 Å². The third-order valence-electron chi connectivity index (χ3n) is 4.52. The van der Waals surface area contributed by atoms with Crippen molar-refractivity contribution in [3.05, 3.63) is 16.1 Å². The van der Waals surface area contributed by atoms with Gasteiger partial charge in [0.2, 0.25) is 0 Å². The molecule has 1 aromatic rings. The Bertz CT molecular complexity index is 517. The number of aromatic nitrogens is 1. The van der Waals surface area contributed by atoms with E-state index in [4.69, 9.17) is 0 Å². The summed E-state index contributed by atoms with van der Waals surface area (Å²) in [6, 6.07) is 0. The molecule has 24 heavy (non-hydrogen) atoms. The SMILES string of the molecule is CN=C(NCCCN1CC(C)CC(C)C1)N(C)Cc1csc(C)n1. The van der Waals surface area contributed by atoms with E-state index in [1.807, 2.05) is 14.0 Å². The molecule has 2 heterocycles. The normalized spacial score (nSPS) is 22.6. The largest absolute Gasteiger partial charge is 0.356 e. The van der Waals surface area contributed by atoms with E-state index in [0.717, 1.165) is 48.0 Å². The Labute approximate surface area is 151 Å². The Morgan fingerprint density at radius 3 is 2.71 bits per heavy atom. The molecule has 0 saturated carbocycles. The number of nitrogens with one attached hydrogen (secondary N) is 1. The fraction of sp³-hybridized carbons (Fsp3) is 0.778. The molecule has 1 aliphatic heterocycles. The molecule has 2 unspecified atom stereocenters. The van der Waals surface area contributed by atoms with Crippen LogP contribution in [0.4, 0.5) is 0 Å². The van der Waals surface area contributed by atoms with E-state index in [1.54, 1.807) is 11.3 Å². The number of nitrogens with zero attached hydrogens (tertiary/aromatic N) is 4. The van der Waals surface area contributed by atoms with Gasteiger partial charge in [-0.15, -0.1) is 11.3 Å². The second kappa shape index (κ2) is 9.37. The Balaban J connectivity index is 1.69. The average Bonchev–Trinajstić information content (AvgIpc) is 2.91. The summed E-state index contributed by atoms with van der Waals surface area (Å²) in [6.45, 7) is 12.2. The summed E-state index contributed by atoms with van der Waals surface area (Å²) < 4.78 is 0. The highest BCUT2D eigenvalue weighted by molar-refractivity contribution is 7.09. The van der Waals surface area contributed by atoms with Crippen LogP contribution in [0.15, 0.2) is 10.4 Å². The van der Waals surface area contributed by atoms with Gasteiger partial charge in [0.15, 0.2) is 5.96 Å². The molecule has 2 atom stereocenters. The molecule has 1 saturated heterocycles. The lowest BCUT2D eigenvalue weighted by Gasteiger charge is -2.35. The smallest absolute Gasteiger partial charge is 0.193 e. The predicted octanol–water partition coefficient (Wildman–Crippen LogP) is 2.83. The molecule has 136 valence electrons. The zero-order chi connectivity index (χ0) is 17.5. The molecule has 5 nitrogen and oxygen atoms in total. The first-order valence-electron chi connectivity index (χ1n) is 9.03. The van der Waals surface area contributed by atoms with Gasteiger partial charge in [-0.1, -0.05) is 13.8 Å². The average molecular weight is 352 g/mol. The number of rotatable bonds is 6. The molecule has 0 bridgehead atoms. The van der Waals surface area contributed by atoms with Gasteiger partial charge in [0.1, 0.15) is 0 Å². The second-order valence-electron chi connectivity index (χ2n) is 7.25. The van der Waals surface area contributed by atoms with Gasteiger partial charge in [0.05, 0.1) is 17.2 Å². The molecule has 0 amide bonds. The van der Waals surface area contributed by atoms with Gasteiger partial charge >= 0.3 is 0 Å². The van der Waals surface area contributed by atoms with Crippen LogP contribution in [0, 0.1) is 18.8 Å². The zero-order valence-corrected chi connectivity index (χ0v) is 16.7. The molecule has 6 heteroatoms. The first kappa shape index (κ1) is 19.2. The minimum atomic E-state index is 0.797. The number of hydrogen-bond acceptors (Lipinski definition) is 4. The Morgan fingerprint density at radius 1 is 1.42 bits per heavy atom. The van der Waals surface area contributed by atoms with Crippen molar-refractivity contribution in [1.29, 1.82) is 0 Å². The molecule has 0 spiro atoms. The summed E-state index contributed by atoms with van der Waals surface area (Å²) in [5, 5.41) is 6.72. The summed E-state index contributed by atoms with van der Waals surface area (Å²) in [5.74, 6) is 2.62. The van der Waals surface area contributed by atoms with Crippen molar-refractivity contribution < 1.29 is 0 Å². The van der Waals surface area contributed by atoms with Crippen molar-refractivity contribution in [2.24, 2.45) is 16.8 Å². The molecule has 1 fully saturated rings. The minimum Gasteiger partial charge on any atom is -0.356 e. The molecular formula is C18H33N5S. The number of aliphatic imine (C=N–C) groups is 1. The van der Waals surface area contributed by atoms with Crippen molar-refractivity contribution in [3.63, 3.8) is 0 Å². The van der Waals surface area contributed by atoms with E-state index in [9.17, 15) is 0 Å². The predicted molar refractivity (Wildman–Crippen MR) is 104 cm³/mol. The third kappa shape index (κ3) is 6.06. The molecule has 0 aliphatic carbocycles. The van der Waals surface area contributed by atoms with Crippen LogP contribution in [0.1, 0.15) is 37.4 Å². The summed E-state index contributed by atoms with van der Waals surface area (Å²) in [7, 11) is 3.91. The number of likely N-dealkylation sites (tertiary alicyclic amines) is 1. The van der Waals surface area contributed by atoms with E-state index in [-0.39, 0.29) is 0 Å². The van der Waals surface area contributed by atoms with Gasteiger partial charge in [-0.3, -0.25) is 4.99 Å². The zero-order valence-electron chi connectivity index (χ0n) is 15.9. The van der Waals surface area contributed by atoms with Gasteiger partial charge in [0, 0.05) is 39.1 Å². The minimum absolute atomic E-state index is 0.797. The van der Waals surface area contributed by atoms with Crippen molar-refractivity contribution in [3.8, 4) is 0 Å². The molecule has 1 N–H and O–H groups in total. The lowest BCUT2D eigenvalue weighted by molar-refractivity contribution is 0.140. The monoisotopic (exact) mass is 351 g/mol.